The number of aryl methyl sites for hydroxylation is 1. The molecule has 2 aliphatic rings. The minimum absolute atomic E-state index is 0.0374. The Hall–Kier alpha value is -2.08. The number of carbonyl (C=O) groups excluding carboxylic acids is 2. The van der Waals surface area contributed by atoms with Gasteiger partial charge < -0.3 is 15.4 Å². The number of fused-ring (bicyclic) bond motifs is 1. The number of nitrogens with one attached hydrogen (secondary N) is 2. The quantitative estimate of drug-likeness (QED) is 0.752. The van der Waals surface area contributed by atoms with E-state index >= 15 is 0 Å². The van der Waals surface area contributed by atoms with Crippen molar-refractivity contribution in [1.82, 2.24) is 10.2 Å². The molecule has 0 saturated carbocycles. The third-order valence-corrected chi connectivity index (χ3v) is 5.62. The van der Waals surface area contributed by atoms with Gasteiger partial charge in [-0.25, -0.2) is 0 Å². The first-order valence-corrected chi connectivity index (χ1v) is 10.0. The van der Waals surface area contributed by atoms with Gasteiger partial charge in [-0.05, 0) is 57.7 Å². The molecular formula is C21H31N3O3. The Morgan fingerprint density at radius 2 is 2.04 bits per heavy atom. The van der Waals surface area contributed by atoms with Crippen LogP contribution in [0, 0.1) is 6.92 Å². The van der Waals surface area contributed by atoms with Crippen molar-refractivity contribution in [1.29, 1.82) is 0 Å². The number of hydrogen-bond acceptors (Lipinski definition) is 4. The van der Waals surface area contributed by atoms with Crippen molar-refractivity contribution in [3.63, 3.8) is 0 Å². The Balaban J connectivity index is 1.42. The van der Waals surface area contributed by atoms with Crippen molar-refractivity contribution in [3.8, 4) is 5.75 Å². The molecule has 27 heavy (non-hydrogen) atoms. The summed E-state index contributed by atoms with van der Waals surface area (Å²) in [7, 11) is 0. The fourth-order valence-corrected chi connectivity index (χ4v) is 4.04. The summed E-state index contributed by atoms with van der Waals surface area (Å²) < 4.78 is 5.72. The van der Waals surface area contributed by atoms with Crippen LogP contribution in [0.5, 0.6) is 5.75 Å². The lowest BCUT2D eigenvalue weighted by molar-refractivity contribution is -0.130. The second-order valence-electron chi connectivity index (χ2n) is 7.87. The zero-order chi connectivity index (χ0) is 19.4. The first-order valence-electron chi connectivity index (χ1n) is 10.0. The first kappa shape index (κ1) is 19.7. The molecule has 2 amide bonds. The first-order chi connectivity index (χ1) is 12.9. The molecule has 2 N–H and O–H groups in total. The van der Waals surface area contributed by atoms with Crippen molar-refractivity contribution in [2.75, 3.05) is 18.4 Å². The lowest BCUT2D eigenvalue weighted by atomic mass is 9.97. The zero-order valence-corrected chi connectivity index (χ0v) is 16.6. The minimum atomic E-state index is -0.776. The number of ether oxygens (including phenoxy) is 1. The number of rotatable bonds is 6. The standard InChI is InChI=1S/C21H31N3O3/c1-14-8-9-18-17(12-14)23-21(26)19(27-18)13-20(25)22-10-5-11-24-15(2)6-4-7-16(24)3/h8-9,12,15-16,19H,4-7,10-11,13H2,1-3H3,(H,22,25)(H,23,26)/t15-,16+,19-/m1/s1. The fraction of sp³-hybridized carbons (Fsp3) is 0.619. The molecule has 2 heterocycles. The highest BCUT2D eigenvalue weighted by atomic mass is 16.5. The molecule has 0 aromatic heterocycles. The second-order valence-corrected chi connectivity index (χ2v) is 7.87. The van der Waals surface area contributed by atoms with Crippen LogP contribution in [0.25, 0.3) is 0 Å². The lowest BCUT2D eigenvalue weighted by Gasteiger charge is -2.39. The summed E-state index contributed by atoms with van der Waals surface area (Å²) >= 11 is 0. The van der Waals surface area contributed by atoms with E-state index in [1.807, 2.05) is 25.1 Å². The van der Waals surface area contributed by atoms with Crippen molar-refractivity contribution in [2.24, 2.45) is 0 Å². The molecule has 0 unspecified atom stereocenters. The van der Waals surface area contributed by atoms with Crippen molar-refractivity contribution < 1.29 is 14.3 Å². The predicted molar refractivity (Wildman–Crippen MR) is 106 cm³/mol. The van der Waals surface area contributed by atoms with Crippen LogP contribution >= 0.6 is 0 Å². The largest absolute Gasteiger partial charge is 0.478 e. The van der Waals surface area contributed by atoms with E-state index in [1.54, 1.807) is 0 Å². The maximum Gasteiger partial charge on any atom is 0.266 e. The Bertz CT molecular complexity index is 681. The maximum atomic E-state index is 12.2. The van der Waals surface area contributed by atoms with E-state index in [-0.39, 0.29) is 18.2 Å². The molecule has 0 aliphatic carbocycles. The Kier molecular flexibility index (Phi) is 6.37. The van der Waals surface area contributed by atoms with Crippen LogP contribution in [-0.4, -0.2) is 48.0 Å². The van der Waals surface area contributed by atoms with Crippen LogP contribution in [0.2, 0.25) is 0 Å². The minimum Gasteiger partial charge on any atom is -0.478 e. The fourth-order valence-electron chi connectivity index (χ4n) is 4.04. The van der Waals surface area contributed by atoms with Crippen LogP contribution in [0.1, 0.15) is 51.5 Å². The Labute approximate surface area is 161 Å². The average Bonchev–Trinajstić information content (AvgIpc) is 2.61. The molecule has 0 radical (unpaired) electrons. The summed E-state index contributed by atoms with van der Waals surface area (Å²) in [5.41, 5.74) is 1.72. The van der Waals surface area contributed by atoms with E-state index in [0.717, 1.165) is 18.5 Å². The van der Waals surface area contributed by atoms with E-state index in [9.17, 15) is 9.59 Å². The molecule has 3 atom stereocenters. The van der Waals surface area contributed by atoms with Gasteiger partial charge in [0.25, 0.3) is 5.91 Å². The van der Waals surface area contributed by atoms with E-state index in [0.29, 0.717) is 30.1 Å². The monoisotopic (exact) mass is 373 g/mol. The van der Waals surface area contributed by atoms with E-state index in [4.69, 9.17) is 4.74 Å². The van der Waals surface area contributed by atoms with Gasteiger partial charge in [0.15, 0.2) is 6.10 Å². The third kappa shape index (κ3) is 5.01. The summed E-state index contributed by atoms with van der Waals surface area (Å²) in [4.78, 5) is 26.9. The molecule has 2 aliphatic heterocycles. The molecule has 1 saturated heterocycles. The molecule has 1 aromatic carbocycles. The number of piperidine rings is 1. The van der Waals surface area contributed by atoms with Crippen LogP contribution in [0.3, 0.4) is 0 Å². The number of amides is 2. The van der Waals surface area contributed by atoms with Gasteiger partial charge >= 0.3 is 0 Å². The normalized spacial score (nSPS) is 25.3. The second kappa shape index (κ2) is 8.74. The molecule has 0 bridgehead atoms. The lowest BCUT2D eigenvalue weighted by Crippen LogP contribution is -2.45. The van der Waals surface area contributed by atoms with Gasteiger partial charge in [-0.3, -0.25) is 14.5 Å². The summed E-state index contributed by atoms with van der Waals surface area (Å²) in [6.45, 7) is 8.14. The number of carbonyl (C=O) groups is 2. The van der Waals surface area contributed by atoms with Gasteiger partial charge in [-0.1, -0.05) is 12.5 Å². The van der Waals surface area contributed by atoms with E-state index in [2.05, 4.69) is 29.4 Å². The third-order valence-electron chi connectivity index (χ3n) is 5.62. The van der Waals surface area contributed by atoms with Gasteiger partial charge in [0, 0.05) is 25.2 Å². The number of nitrogens with zero attached hydrogens (tertiary/aromatic N) is 1. The number of hydrogen-bond donors (Lipinski definition) is 2. The van der Waals surface area contributed by atoms with Crippen LogP contribution < -0.4 is 15.4 Å². The predicted octanol–water partition coefficient (Wildman–Crippen LogP) is 2.85. The number of anilines is 1. The molecule has 1 aromatic rings. The maximum absolute atomic E-state index is 12.2. The average molecular weight is 373 g/mol. The summed E-state index contributed by atoms with van der Waals surface area (Å²) in [5.74, 6) is 0.204. The zero-order valence-electron chi connectivity index (χ0n) is 16.6. The Morgan fingerprint density at radius 3 is 2.78 bits per heavy atom. The topological polar surface area (TPSA) is 70.7 Å². The Morgan fingerprint density at radius 1 is 1.30 bits per heavy atom. The van der Waals surface area contributed by atoms with Crippen LogP contribution in [0.15, 0.2) is 18.2 Å². The van der Waals surface area contributed by atoms with Gasteiger partial charge in [0.05, 0.1) is 12.1 Å². The van der Waals surface area contributed by atoms with E-state index < -0.39 is 6.10 Å². The van der Waals surface area contributed by atoms with Crippen molar-refractivity contribution in [2.45, 2.75) is 71.1 Å². The van der Waals surface area contributed by atoms with Crippen molar-refractivity contribution in [3.05, 3.63) is 23.8 Å². The van der Waals surface area contributed by atoms with Gasteiger partial charge in [-0.2, -0.15) is 0 Å². The van der Waals surface area contributed by atoms with E-state index in [1.165, 1.54) is 19.3 Å². The molecule has 6 nitrogen and oxygen atoms in total. The summed E-state index contributed by atoms with van der Waals surface area (Å²) in [5, 5.41) is 5.75. The molecule has 0 spiro atoms. The molecule has 148 valence electrons. The SMILES string of the molecule is Cc1ccc2c(c1)NC(=O)[C@@H](CC(=O)NCCCN1[C@H](C)CCC[C@@H]1C)O2. The highest BCUT2D eigenvalue weighted by Gasteiger charge is 2.29. The summed E-state index contributed by atoms with van der Waals surface area (Å²) in [6, 6.07) is 6.86. The van der Waals surface area contributed by atoms with Crippen molar-refractivity contribution >= 4 is 17.5 Å². The highest BCUT2D eigenvalue weighted by molar-refractivity contribution is 6.00. The van der Waals surface area contributed by atoms with Gasteiger partial charge in [-0.15, -0.1) is 0 Å². The van der Waals surface area contributed by atoms with Gasteiger partial charge in [0.1, 0.15) is 5.75 Å². The molecule has 6 heteroatoms. The molecule has 3 rings (SSSR count). The molecular weight excluding hydrogens is 342 g/mol. The van der Waals surface area contributed by atoms with Crippen LogP contribution in [0.4, 0.5) is 5.69 Å². The van der Waals surface area contributed by atoms with Gasteiger partial charge in [0.2, 0.25) is 5.91 Å². The number of benzene rings is 1. The number of likely N-dealkylation sites (tertiary alicyclic amines) is 1. The highest BCUT2D eigenvalue weighted by Crippen LogP contribution is 2.31. The smallest absolute Gasteiger partial charge is 0.266 e. The molecule has 1 fully saturated rings. The van der Waals surface area contributed by atoms with Crippen LogP contribution in [-0.2, 0) is 9.59 Å². The summed E-state index contributed by atoms with van der Waals surface area (Å²) in [6.07, 6.45) is 4.00.